The lowest BCUT2D eigenvalue weighted by Crippen LogP contribution is -2.40. The number of alkyl halides is 3. The van der Waals surface area contributed by atoms with E-state index in [4.69, 9.17) is 9.47 Å². The molecule has 26 heavy (non-hydrogen) atoms. The third-order valence-electron chi connectivity index (χ3n) is 4.44. The molecule has 2 rings (SSSR count). The SMILES string of the molecule is CC(C)(C)OC(=O)NCCC1(COc2cccc(C(F)(F)F)c2)CCC1. The number of carbonyl (C=O) groups excluding carboxylic acids is 1. The number of carbonyl (C=O) groups is 1. The molecular weight excluding hydrogens is 347 g/mol. The van der Waals surface area contributed by atoms with Gasteiger partial charge in [-0.2, -0.15) is 13.2 Å². The Kier molecular flexibility index (Phi) is 6.09. The first kappa shape index (κ1) is 20.4. The molecule has 1 saturated carbocycles. The van der Waals surface area contributed by atoms with Crippen LogP contribution >= 0.6 is 0 Å². The third kappa shape index (κ3) is 6.11. The number of amides is 1. The van der Waals surface area contributed by atoms with Crippen LogP contribution in [-0.4, -0.2) is 24.8 Å². The summed E-state index contributed by atoms with van der Waals surface area (Å²) in [4.78, 5) is 11.7. The second kappa shape index (κ2) is 7.76. The van der Waals surface area contributed by atoms with Crippen molar-refractivity contribution >= 4 is 6.09 Å². The summed E-state index contributed by atoms with van der Waals surface area (Å²) in [6, 6.07) is 4.91. The lowest BCUT2D eigenvalue weighted by molar-refractivity contribution is -0.137. The van der Waals surface area contributed by atoms with E-state index in [2.05, 4.69) is 5.32 Å². The average Bonchev–Trinajstić information content (AvgIpc) is 2.46. The maximum absolute atomic E-state index is 12.8. The molecule has 4 nitrogen and oxygen atoms in total. The molecule has 0 unspecified atom stereocenters. The van der Waals surface area contributed by atoms with Crippen LogP contribution in [0.3, 0.4) is 0 Å². The molecule has 0 saturated heterocycles. The van der Waals surface area contributed by atoms with E-state index in [-0.39, 0.29) is 11.2 Å². The van der Waals surface area contributed by atoms with Gasteiger partial charge in [-0.05, 0) is 58.2 Å². The highest BCUT2D eigenvalue weighted by Gasteiger charge is 2.38. The van der Waals surface area contributed by atoms with Crippen molar-refractivity contribution in [2.24, 2.45) is 5.41 Å². The van der Waals surface area contributed by atoms with Gasteiger partial charge in [0.2, 0.25) is 0 Å². The van der Waals surface area contributed by atoms with Gasteiger partial charge in [0.15, 0.2) is 0 Å². The molecule has 0 aromatic heterocycles. The first-order valence-corrected chi connectivity index (χ1v) is 8.76. The molecule has 0 spiro atoms. The Balaban J connectivity index is 1.84. The van der Waals surface area contributed by atoms with Gasteiger partial charge in [0.1, 0.15) is 11.4 Å². The first-order chi connectivity index (χ1) is 12.0. The summed E-state index contributed by atoms with van der Waals surface area (Å²) < 4.78 is 49.1. The van der Waals surface area contributed by atoms with Gasteiger partial charge in [-0.25, -0.2) is 4.79 Å². The van der Waals surface area contributed by atoms with Crippen LogP contribution in [0.5, 0.6) is 5.75 Å². The molecule has 1 aromatic carbocycles. The van der Waals surface area contributed by atoms with E-state index in [0.717, 1.165) is 31.4 Å². The minimum absolute atomic E-state index is 0.108. The number of hydrogen-bond donors (Lipinski definition) is 1. The molecule has 1 fully saturated rings. The van der Waals surface area contributed by atoms with E-state index in [1.165, 1.54) is 12.1 Å². The Morgan fingerprint density at radius 3 is 2.46 bits per heavy atom. The van der Waals surface area contributed by atoms with Gasteiger partial charge in [-0.3, -0.25) is 0 Å². The summed E-state index contributed by atoms with van der Waals surface area (Å²) >= 11 is 0. The summed E-state index contributed by atoms with van der Waals surface area (Å²) in [6.07, 6.45) is -1.23. The van der Waals surface area contributed by atoms with Crippen LogP contribution in [0, 0.1) is 5.41 Å². The zero-order chi connectivity index (χ0) is 19.4. The molecule has 1 aliphatic carbocycles. The highest BCUT2D eigenvalue weighted by molar-refractivity contribution is 5.67. The molecule has 1 aromatic rings. The number of hydrogen-bond acceptors (Lipinski definition) is 3. The largest absolute Gasteiger partial charge is 0.493 e. The Bertz CT molecular complexity index is 619. The molecule has 7 heteroatoms. The van der Waals surface area contributed by atoms with E-state index in [1.54, 1.807) is 20.8 Å². The van der Waals surface area contributed by atoms with Crippen LogP contribution in [0.25, 0.3) is 0 Å². The van der Waals surface area contributed by atoms with Crippen molar-refractivity contribution in [1.82, 2.24) is 5.32 Å². The first-order valence-electron chi connectivity index (χ1n) is 8.76. The monoisotopic (exact) mass is 373 g/mol. The number of halogens is 3. The molecule has 0 atom stereocenters. The molecule has 146 valence electrons. The van der Waals surface area contributed by atoms with Gasteiger partial charge in [0.05, 0.1) is 12.2 Å². The third-order valence-corrected chi connectivity index (χ3v) is 4.44. The van der Waals surface area contributed by atoms with Gasteiger partial charge in [0.25, 0.3) is 0 Å². The van der Waals surface area contributed by atoms with Crippen LogP contribution in [0.2, 0.25) is 0 Å². The van der Waals surface area contributed by atoms with Gasteiger partial charge in [-0.15, -0.1) is 0 Å². The van der Waals surface area contributed by atoms with Crippen molar-refractivity contribution in [2.45, 2.75) is 58.2 Å². The summed E-state index contributed by atoms with van der Waals surface area (Å²) in [5.74, 6) is 0.214. The fourth-order valence-electron chi connectivity index (χ4n) is 2.89. The molecule has 0 heterocycles. The molecule has 0 bridgehead atoms. The zero-order valence-corrected chi connectivity index (χ0v) is 15.4. The Hall–Kier alpha value is -1.92. The van der Waals surface area contributed by atoms with E-state index >= 15 is 0 Å². The van der Waals surface area contributed by atoms with E-state index in [0.29, 0.717) is 19.6 Å². The van der Waals surface area contributed by atoms with Crippen LogP contribution in [0.1, 0.15) is 52.0 Å². The second-order valence-corrected chi connectivity index (χ2v) is 7.85. The lowest BCUT2D eigenvalue weighted by atomic mass is 9.67. The summed E-state index contributed by atoms with van der Waals surface area (Å²) in [5.41, 5.74) is -1.38. The smallest absolute Gasteiger partial charge is 0.416 e. The number of ether oxygens (including phenoxy) is 2. The fraction of sp³-hybridized carbons (Fsp3) is 0.632. The van der Waals surface area contributed by atoms with E-state index < -0.39 is 23.4 Å². The van der Waals surface area contributed by atoms with Crippen molar-refractivity contribution in [3.8, 4) is 5.75 Å². The van der Waals surface area contributed by atoms with Crippen molar-refractivity contribution in [3.05, 3.63) is 29.8 Å². The summed E-state index contributed by atoms with van der Waals surface area (Å²) in [5, 5.41) is 2.72. The van der Waals surface area contributed by atoms with Gasteiger partial charge < -0.3 is 14.8 Å². The predicted octanol–water partition coefficient (Wildman–Crippen LogP) is 5.17. The van der Waals surface area contributed by atoms with Crippen molar-refractivity contribution in [1.29, 1.82) is 0 Å². The van der Waals surface area contributed by atoms with Crippen molar-refractivity contribution in [3.63, 3.8) is 0 Å². The fourth-order valence-corrected chi connectivity index (χ4v) is 2.89. The quantitative estimate of drug-likeness (QED) is 0.748. The highest BCUT2D eigenvalue weighted by Crippen LogP contribution is 2.44. The van der Waals surface area contributed by atoms with Crippen LogP contribution in [0.4, 0.5) is 18.0 Å². The minimum atomic E-state index is -4.38. The Labute approximate surface area is 152 Å². The van der Waals surface area contributed by atoms with Crippen molar-refractivity contribution < 1.29 is 27.4 Å². The molecule has 1 N–H and O–H groups in total. The molecule has 0 radical (unpaired) electrons. The number of benzene rings is 1. The van der Waals surface area contributed by atoms with Gasteiger partial charge in [0, 0.05) is 12.0 Å². The molecule has 1 amide bonds. The molecule has 1 aliphatic rings. The second-order valence-electron chi connectivity index (χ2n) is 7.85. The average molecular weight is 373 g/mol. The topological polar surface area (TPSA) is 47.6 Å². The zero-order valence-electron chi connectivity index (χ0n) is 15.4. The standard InChI is InChI=1S/C19H26F3NO3/c1-17(2,3)26-16(24)23-11-10-18(8-5-9-18)13-25-15-7-4-6-14(12-15)19(20,21)22/h4,6-7,12H,5,8-11,13H2,1-3H3,(H,23,24). The molecule has 0 aliphatic heterocycles. The van der Waals surface area contributed by atoms with Crippen LogP contribution in [0.15, 0.2) is 24.3 Å². The highest BCUT2D eigenvalue weighted by atomic mass is 19.4. The van der Waals surface area contributed by atoms with Gasteiger partial charge >= 0.3 is 12.3 Å². The maximum atomic E-state index is 12.8. The van der Waals surface area contributed by atoms with E-state index in [9.17, 15) is 18.0 Å². The summed E-state index contributed by atoms with van der Waals surface area (Å²) in [6.45, 7) is 6.17. The number of rotatable bonds is 6. The van der Waals surface area contributed by atoms with Crippen LogP contribution < -0.4 is 10.1 Å². The maximum Gasteiger partial charge on any atom is 0.416 e. The minimum Gasteiger partial charge on any atom is -0.493 e. The Morgan fingerprint density at radius 2 is 1.92 bits per heavy atom. The number of nitrogens with one attached hydrogen (secondary N) is 1. The lowest BCUT2D eigenvalue weighted by Gasteiger charge is -2.41. The van der Waals surface area contributed by atoms with Crippen molar-refractivity contribution in [2.75, 3.05) is 13.2 Å². The van der Waals surface area contributed by atoms with Crippen LogP contribution in [-0.2, 0) is 10.9 Å². The predicted molar refractivity (Wildman–Crippen MR) is 92.1 cm³/mol. The molecular formula is C19H26F3NO3. The summed E-state index contributed by atoms with van der Waals surface area (Å²) in [7, 11) is 0. The normalized spacial score (nSPS) is 16.5. The Morgan fingerprint density at radius 1 is 1.23 bits per heavy atom. The van der Waals surface area contributed by atoms with Gasteiger partial charge in [-0.1, -0.05) is 12.5 Å². The number of alkyl carbamates (subject to hydrolysis) is 1. The van der Waals surface area contributed by atoms with E-state index in [1.807, 2.05) is 0 Å².